The second-order valence-corrected chi connectivity index (χ2v) is 4.26. The number of nitro groups is 1. The van der Waals surface area contributed by atoms with Crippen molar-refractivity contribution in [2.24, 2.45) is 11.7 Å². The molecule has 0 aliphatic carbocycles. The summed E-state index contributed by atoms with van der Waals surface area (Å²) >= 11 is 0. The summed E-state index contributed by atoms with van der Waals surface area (Å²) in [5.74, 6) is -0.223. The highest BCUT2D eigenvalue weighted by molar-refractivity contribution is 5.85. The summed E-state index contributed by atoms with van der Waals surface area (Å²) < 4.78 is 4.93. The maximum Gasteiger partial charge on any atom is 0.314 e. The summed E-state index contributed by atoms with van der Waals surface area (Å²) in [5.41, 5.74) is 6.23. The minimum Gasteiger partial charge on any atom is -0.500 e. The molecular weight excluding hydrogens is 272 g/mol. The second-order valence-electron chi connectivity index (χ2n) is 4.26. The third-order valence-corrected chi connectivity index (χ3v) is 3.14. The summed E-state index contributed by atoms with van der Waals surface area (Å²) in [6.45, 7) is 3.96. The van der Waals surface area contributed by atoms with Gasteiger partial charge in [0, 0.05) is 12.1 Å². The lowest BCUT2D eigenvalue weighted by atomic mass is 9.93. The third kappa shape index (κ3) is 3.71. The number of phenolic OH excluding ortho intramolecular Hbond substituents is 1. The summed E-state index contributed by atoms with van der Waals surface area (Å²) in [5, 5.41) is 20.5. The van der Waals surface area contributed by atoms with Crippen LogP contribution in [0.5, 0.6) is 11.5 Å². The van der Waals surface area contributed by atoms with Gasteiger partial charge in [-0.05, 0) is 17.5 Å². The molecule has 0 saturated carbocycles. The number of benzene rings is 1. The van der Waals surface area contributed by atoms with Gasteiger partial charge in [0.25, 0.3) is 0 Å². The zero-order valence-electron chi connectivity index (χ0n) is 11.1. The van der Waals surface area contributed by atoms with Crippen LogP contribution in [0.25, 0.3) is 0 Å². The van der Waals surface area contributed by atoms with E-state index in [4.69, 9.17) is 10.5 Å². The molecule has 19 heavy (non-hydrogen) atoms. The normalized spacial score (nSPS) is 13.3. The van der Waals surface area contributed by atoms with Crippen LogP contribution in [0.1, 0.15) is 31.9 Å². The Hall–Kier alpha value is -1.53. The molecule has 0 aliphatic rings. The van der Waals surface area contributed by atoms with Crippen molar-refractivity contribution in [1.82, 2.24) is 0 Å². The van der Waals surface area contributed by atoms with Crippen molar-refractivity contribution in [3.63, 3.8) is 0 Å². The minimum absolute atomic E-state index is 0. The maximum absolute atomic E-state index is 10.9. The fourth-order valence-electron chi connectivity index (χ4n) is 1.68. The van der Waals surface area contributed by atoms with E-state index in [0.29, 0.717) is 5.56 Å². The molecule has 1 aromatic rings. The van der Waals surface area contributed by atoms with Crippen molar-refractivity contribution in [3.8, 4) is 11.5 Å². The number of phenols is 1. The van der Waals surface area contributed by atoms with Crippen molar-refractivity contribution >= 4 is 18.1 Å². The first-order valence-electron chi connectivity index (χ1n) is 5.73. The Bertz CT molecular complexity index is 454. The molecule has 1 rings (SSSR count). The summed E-state index contributed by atoms with van der Waals surface area (Å²) in [6, 6.07) is 2.51. The van der Waals surface area contributed by atoms with Crippen LogP contribution in [0, 0.1) is 16.0 Å². The monoisotopic (exact) mass is 290 g/mol. The molecule has 0 aromatic heterocycles. The summed E-state index contributed by atoms with van der Waals surface area (Å²) in [4.78, 5) is 10.2. The molecule has 0 bridgehead atoms. The zero-order chi connectivity index (χ0) is 13.9. The lowest BCUT2D eigenvalue weighted by molar-refractivity contribution is -0.386. The van der Waals surface area contributed by atoms with Gasteiger partial charge >= 0.3 is 5.69 Å². The summed E-state index contributed by atoms with van der Waals surface area (Å²) in [6.07, 6.45) is 0.859. The molecule has 1 unspecified atom stereocenters. The van der Waals surface area contributed by atoms with E-state index in [2.05, 4.69) is 0 Å². The smallest absolute Gasteiger partial charge is 0.314 e. The van der Waals surface area contributed by atoms with E-state index in [-0.39, 0.29) is 35.8 Å². The zero-order valence-corrected chi connectivity index (χ0v) is 11.9. The highest BCUT2D eigenvalue weighted by atomic mass is 35.5. The average molecular weight is 291 g/mol. The molecule has 0 radical (unpaired) electrons. The standard InChI is InChI=1S/C12H18N2O4.ClH/c1-4-7(2)11(13)8-5-9(14(16)17)12(15)10(6-8)18-3;/h5-7,11,15H,4,13H2,1-3H3;1H/t7?,11-;/m1./s1. The third-order valence-electron chi connectivity index (χ3n) is 3.14. The Kier molecular flexibility index (Phi) is 6.58. The molecule has 108 valence electrons. The van der Waals surface area contributed by atoms with E-state index in [1.165, 1.54) is 13.2 Å². The molecule has 0 spiro atoms. The molecule has 0 amide bonds. The lowest BCUT2D eigenvalue weighted by Crippen LogP contribution is -2.18. The Morgan fingerprint density at radius 1 is 1.53 bits per heavy atom. The van der Waals surface area contributed by atoms with E-state index in [1.54, 1.807) is 6.07 Å². The molecule has 2 atom stereocenters. The molecular formula is C12H19ClN2O4. The average Bonchev–Trinajstić information content (AvgIpc) is 2.36. The van der Waals surface area contributed by atoms with Crippen LogP contribution >= 0.6 is 12.4 Å². The maximum atomic E-state index is 10.9. The van der Waals surface area contributed by atoms with Crippen molar-refractivity contribution < 1.29 is 14.8 Å². The van der Waals surface area contributed by atoms with Gasteiger partial charge < -0.3 is 15.6 Å². The Balaban J connectivity index is 0.00000324. The Labute approximate surface area is 118 Å². The minimum atomic E-state index is -0.648. The van der Waals surface area contributed by atoms with Crippen molar-refractivity contribution in [1.29, 1.82) is 0 Å². The molecule has 3 N–H and O–H groups in total. The van der Waals surface area contributed by atoms with Crippen LogP contribution in [0.3, 0.4) is 0 Å². The Morgan fingerprint density at radius 2 is 2.11 bits per heavy atom. The number of nitrogens with two attached hydrogens (primary N) is 1. The Morgan fingerprint density at radius 3 is 2.53 bits per heavy atom. The van der Waals surface area contributed by atoms with Gasteiger partial charge in [0.05, 0.1) is 12.0 Å². The first-order chi connectivity index (χ1) is 8.42. The van der Waals surface area contributed by atoms with Gasteiger partial charge in [0.2, 0.25) is 5.75 Å². The lowest BCUT2D eigenvalue weighted by Gasteiger charge is -2.19. The number of methoxy groups -OCH3 is 1. The van der Waals surface area contributed by atoms with Crippen molar-refractivity contribution in [2.45, 2.75) is 26.3 Å². The van der Waals surface area contributed by atoms with Crippen molar-refractivity contribution in [3.05, 3.63) is 27.8 Å². The number of aromatic hydroxyl groups is 1. The highest BCUT2D eigenvalue weighted by Crippen LogP contribution is 2.39. The van der Waals surface area contributed by atoms with Crippen LogP contribution in [0.4, 0.5) is 5.69 Å². The first-order valence-corrected chi connectivity index (χ1v) is 5.73. The van der Waals surface area contributed by atoms with E-state index < -0.39 is 10.7 Å². The second kappa shape index (κ2) is 7.16. The number of hydrogen-bond donors (Lipinski definition) is 2. The van der Waals surface area contributed by atoms with Gasteiger partial charge in [-0.1, -0.05) is 20.3 Å². The van der Waals surface area contributed by atoms with Crippen LogP contribution in [0.15, 0.2) is 12.1 Å². The number of ether oxygens (including phenoxy) is 1. The quantitative estimate of drug-likeness (QED) is 0.642. The topological polar surface area (TPSA) is 98.6 Å². The van der Waals surface area contributed by atoms with E-state index >= 15 is 0 Å². The number of halogens is 1. The van der Waals surface area contributed by atoms with Gasteiger partial charge in [0.1, 0.15) is 0 Å². The predicted octanol–water partition coefficient (Wildman–Crippen LogP) is 2.78. The predicted molar refractivity (Wildman–Crippen MR) is 74.9 cm³/mol. The molecule has 7 heteroatoms. The molecule has 1 aromatic carbocycles. The first kappa shape index (κ1) is 17.5. The fourth-order valence-corrected chi connectivity index (χ4v) is 1.68. The van der Waals surface area contributed by atoms with E-state index in [9.17, 15) is 15.2 Å². The number of hydrogen-bond acceptors (Lipinski definition) is 5. The van der Waals surface area contributed by atoms with Crippen LogP contribution in [-0.4, -0.2) is 17.1 Å². The number of nitrogens with zero attached hydrogens (tertiary/aromatic N) is 1. The van der Waals surface area contributed by atoms with Gasteiger partial charge in [-0.2, -0.15) is 0 Å². The van der Waals surface area contributed by atoms with E-state index in [0.717, 1.165) is 6.42 Å². The van der Waals surface area contributed by atoms with Gasteiger partial charge in [-0.15, -0.1) is 12.4 Å². The fraction of sp³-hybridized carbons (Fsp3) is 0.500. The van der Waals surface area contributed by atoms with Crippen LogP contribution in [-0.2, 0) is 0 Å². The van der Waals surface area contributed by atoms with Gasteiger partial charge in [0.15, 0.2) is 5.75 Å². The van der Waals surface area contributed by atoms with Gasteiger partial charge in [-0.25, -0.2) is 0 Å². The molecule has 0 heterocycles. The van der Waals surface area contributed by atoms with E-state index in [1.807, 2.05) is 13.8 Å². The molecule has 0 fully saturated rings. The SMILES string of the molecule is CCC(C)[C@@H](N)c1cc(OC)c(O)c([N+](=O)[O-])c1.Cl. The highest BCUT2D eigenvalue weighted by Gasteiger charge is 2.23. The van der Waals surface area contributed by atoms with Crippen molar-refractivity contribution in [2.75, 3.05) is 7.11 Å². The van der Waals surface area contributed by atoms with Crippen LogP contribution in [0.2, 0.25) is 0 Å². The van der Waals surface area contributed by atoms with Gasteiger partial charge in [-0.3, -0.25) is 10.1 Å². The molecule has 0 saturated heterocycles. The summed E-state index contributed by atoms with van der Waals surface area (Å²) in [7, 11) is 1.34. The molecule has 6 nitrogen and oxygen atoms in total. The number of rotatable bonds is 5. The van der Waals surface area contributed by atoms with Crippen LogP contribution < -0.4 is 10.5 Å². The number of nitro benzene ring substituents is 1. The molecule has 0 aliphatic heterocycles. The largest absolute Gasteiger partial charge is 0.500 e.